The number of aryl methyl sites for hydroxylation is 2. The maximum absolute atomic E-state index is 12.8. The van der Waals surface area contributed by atoms with E-state index in [-0.39, 0.29) is 17.5 Å². The van der Waals surface area contributed by atoms with Crippen molar-refractivity contribution in [3.8, 4) is 0 Å². The van der Waals surface area contributed by atoms with Crippen LogP contribution in [0.15, 0.2) is 24.3 Å². The van der Waals surface area contributed by atoms with Crippen molar-refractivity contribution in [2.75, 3.05) is 7.05 Å². The minimum absolute atomic E-state index is 0.0209. The molecule has 1 aliphatic rings. The predicted octanol–water partition coefficient (Wildman–Crippen LogP) is 3.55. The van der Waals surface area contributed by atoms with Crippen LogP contribution in [0.1, 0.15) is 62.1 Å². The second-order valence-electron chi connectivity index (χ2n) is 5.98. The van der Waals surface area contributed by atoms with Crippen LogP contribution in [0.25, 0.3) is 0 Å². The van der Waals surface area contributed by atoms with Crippen LogP contribution in [0.2, 0.25) is 0 Å². The van der Waals surface area contributed by atoms with Gasteiger partial charge in [0.2, 0.25) is 0 Å². The average molecular weight is 344 g/mol. The molecule has 126 valence electrons. The largest absolute Gasteiger partial charge is 0.478 e. The molecule has 1 heterocycles. The number of aromatic carboxylic acids is 1. The zero-order valence-electron chi connectivity index (χ0n) is 13.8. The number of hydrogen-bond donors (Lipinski definition) is 1. The molecule has 0 saturated carbocycles. The summed E-state index contributed by atoms with van der Waals surface area (Å²) in [5.41, 5.74) is 1.65. The normalized spacial score (nSPS) is 16.5. The van der Waals surface area contributed by atoms with Crippen molar-refractivity contribution in [1.29, 1.82) is 0 Å². The molecule has 0 radical (unpaired) electrons. The summed E-state index contributed by atoms with van der Waals surface area (Å²) in [6.07, 6.45) is 3.80. The first-order chi connectivity index (χ1) is 11.5. The summed E-state index contributed by atoms with van der Waals surface area (Å²) in [6.45, 7) is 2.09. The lowest BCUT2D eigenvalue weighted by molar-refractivity contribution is 0.0697. The van der Waals surface area contributed by atoms with Crippen molar-refractivity contribution in [2.45, 2.75) is 38.6 Å². The van der Waals surface area contributed by atoms with E-state index in [4.69, 9.17) is 5.11 Å². The smallest absolute Gasteiger partial charge is 0.335 e. The predicted molar refractivity (Wildman–Crippen MR) is 92.7 cm³/mol. The van der Waals surface area contributed by atoms with Crippen molar-refractivity contribution in [2.24, 2.45) is 0 Å². The summed E-state index contributed by atoms with van der Waals surface area (Å²) in [4.78, 5) is 31.5. The van der Waals surface area contributed by atoms with E-state index in [9.17, 15) is 9.59 Å². The lowest BCUT2D eigenvalue weighted by atomic mass is 9.96. The molecule has 1 atom stereocenters. The van der Waals surface area contributed by atoms with Crippen molar-refractivity contribution in [3.05, 3.63) is 51.0 Å². The summed E-state index contributed by atoms with van der Waals surface area (Å²) in [5.74, 6) is -1.18. The number of rotatable bonds is 4. The Hall–Kier alpha value is -2.21. The summed E-state index contributed by atoms with van der Waals surface area (Å²) in [5, 5.41) is 10.2. The fourth-order valence-electron chi connectivity index (χ4n) is 3.10. The monoisotopic (exact) mass is 344 g/mol. The highest BCUT2D eigenvalue weighted by Gasteiger charge is 2.30. The molecule has 3 rings (SSSR count). The molecule has 0 saturated heterocycles. The van der Waals surface area contributed by atoms with Gasteiger partial charge in [-0.15, -0.1) is 11.3 Å². The molecule has 2 aromatic rings. The van der Waals surface area contributed by atoms with E-state index in [0.29, 0.717) is 5.56 Å². The van der Waals surface area contributed by atoms with E-state index in [2.05, 4.69) is 11.9 Å². The fourth-order valence-corrected chi connectivity index (χ4v) is 4.33. The van der Waals surface area contributed by atoms with E-state index in [1.165, 1.54) is 17.0 Å². The number of fused-ring (bicyclic) bond motifs is 1. The second kappa shape index (κ2) is 6.73. The van der Waals surface area contributed by atoms with Crippen LogP contribution in [0, 0.1) is 0 Å². The molecule has 1 aromatic heterocycles. The van der Waals surface area contributed by atoms with Gasteiger partial charge in [0.05, 0.1) is 27.2 Å². The first-order valence-corrected chi connectivity index (χ1v) is 8.92. The van der Waals surface area contributed by atoms with Gasteiger partial charge < -0.3 is 10.0 Å². The minimum atomic E-state index is -1.03. The third-order valence-electron chi connectivity index (χ3n) is 4.41. The fraction of sp³-hybridized carbons (Fsp3) is 0.389. The van der Waals surface area contributed by atoms with Crippen molar-refractivity contribution in [3.63, 3.8) is 0 Å². The molecule has 1 N–H and O–H groups in total. The molecule has 5 nitrogen and oxygen atoms in total. The third kappa shape index (κ3) is 3.06. The number of carboxylic acid groups (broad SMARTS) is 1. The number of aromatic nitrogens is 1. The zero-order chi connectivity index (χ0) is 17.3. The van der Waals surface area contributed by atoms with E-state index in [0.717, 1.165) is 36.4 Å². The van der Waals surface area contributed by atoms with Crippen LogP contribution in [-0.2, 0) is 12.8 Å². The Labute approximate surface area is 145 Å². The first-order valence-electron chi connectivity index (χ1n) is 8.10. The van der Waals surface area contributed by atoms with E-state index >= 15 is 0 Å². The van der Waals surface area contributed by atoms with Gasteiger partial charge >= 0.3 is 5.97 Å². The molecule has 1 aromatic carbocycles. The Morgan fingerprint density at radius 1 is 1.38 bits per heavy atom. The van der Waals surface area contributed by atoms with E-state index in [1.807, 2.05) is 0 Å². The summed E-state index contributed by atoms with van der Waals surface area (Å²) >= 11 is 1.69. The molecule has 0 spiro atoms. The highest BCUT2D eigenvalue weighted by atomic mass is 32.1. The van der Waals surface area contributed by atoms with Crippen LogP contribution in [0.3, 0.4) is 0 Å². The van der Waals surface area contributed by atoms with Gasteiger partial charge in [-0.05, 0) is 43.9 Å². The topological polar surface area (TPSA) is 70.5 Å². The van der Waals surface area contributed by atoms with Gasteiger partial charge in [-0.25, -0.2) is 9.78 Å². The van der Waals surface area contributed by atoms with Crippen LogP contribution in [0.5, 0.6) is 0 Å². The molecule has 0 fully saturated rings. The number of benzene rings is 1. The van der Waals surface area contributed by atoms with Gasteiger partial charge in [0.1, 0.15) is 0 Å². The number of thiazole rings is 1. The summed E-state index contributed by atoms with van der Waals surface area (Å²) < 4.78 is 0. The van der Waals surface area contributed by atoms with Gasteiger partial charge in [0.25, 0.3) is 5.91 Å². The molecule has 24 heavy (non-hydrogen) atoms. The van der Waals surface area contributed by atoms with Crippen LogP contribution in [-0.4, -0.2) is 33.9 Å². The van der Waals surface area contributed by atoms with Gasteiger partial charge in [-0.3, -0.25) is 4.79 Å². The van der Waals surface area contributed by atoms with Gasteiger partial charge in [-0.2, -0.15) is 0 Å². The highest BCUT2D eigenvalue weighted by Crippen LogP contribution is 2.38. The van der Waals surface area contributed by atoms with Crippen molar-refractivity contribution < 1.29 is 14.7 Å². The maximum atomic E-state index is 12.8. The number of amides is 1. The lowest BCUT2D eigenvalue weighted by Gasteiger charge is -2.30. The number of carbonyl (C=O) groups excluding carboxylic acids is 1. The molecule has 0 bridgehead atoms. The van der Waals surface area contributed by atoms with Crippen LogP contribution >= 0.6 is 11.3 Å². The number of carboxylic acids is 1. The Balaban J connectivity index is 1.88. The summed E-state index contributed by atoms with van der Waals surface area (Å²) in [7, 11) is 1.79. The molecule has 0 aliphatic heterocycles. The number of nitrogens with zero attached hydrogens (tertiary/aromatic N) is 2. The van der Waals surface area contributed by atoms with Crippen LogP contribution in [0.4, 0.5) is 0 Å². The maximum Gasteiger partial charge on any atom is 0.335 e. The molecule has 1 unspecified atom stereocenters. The molecule has 1 amide bonds. The third-order valence-corrected chi connectivity index (χ3v) is 5.76. The van der Waals surface area contributed by atoms with Gasteiger partial charge in [-0.1, -0.05) is 13.0 Å². The molecular formula is C18H20N2O3S. The molecular weight excluding hydrogens is 324 g/mol. The Bertz CT molecular complexity index is 784. The Morgan fingerprint density at radius 3 is 2.83 bits per heavy atom. The quantitative estimate of drug-likeness (QED) is 0.921. The Morgan fingerprint density at radius 2 is 2.12 bits per heavy atom. The second-order valence-corrected chi connectivity index (χ2v) is 7.10. The number of hydrogen-bond acceptors (Lipinski definition) is 4. The van der Waals surface area contributed by atoms with E-state index in [1.54, 1.807) is 35.4 Å². The minimum Gasteiger partial charge on any atom is -0.478 e. The standard InChI is InChI=1S/C18H20N2O3S/c1-3-15-19-13-8-5-9-14(16(13)24-15)20(2)17(21)11-6-4-7-12(10-11)18(22)23/h4,6-7,10,14H,3,5,8-9H2,1-2H3,(H,22,23). The summed E-state index contributed by atoms with van der Waals surface area (Å²) in [6, 6.07) is 6.23. The van der Waals surface area contributed by atoms with Crippen molar-refractivity contribution >= 4 is 23.2 Å². The Kier molecular flexibility index (Phi) is 4.66. The first kappa shape index (κ1) is 16.6. The SMILES string of the molecule is CCc1nc2c(s1)C(N(C)C(=O)c1cccc(C(=O)O)c1)CCC2. The van der Waals surface area contributed by atoms with Gasteiger partial charge in [0.15, 0.2) is 0 Å². The van der Waals surface area contributed by atoms with Gasteiger partial charge in [0, 0.05) is 12.6 Å². The van der Waals surface area contributed by atoms with Crippen LogP contribution < -0.4 is 0 Å². The van der Waals surface area contributed by atoms with E-state index < -0.39 is 5.97 Å². The number of carbonyl (C=O) groups is 2. The van der Waals surface area contributed by atoms with Crippen molar-refractivity contribution in [1.82, 2.24) is 9.88 Å². The zero-order valence-corrected chi connectivity index (χ0v) is 14.6. The molecule has 1 aliphatic carbocycles. The highest BCUT2D eigenvalue weighted by molar-refractivity contribution is 7.11. The molecule has 6 heteroatoms. The average Bonchev–Trinajstić information content (AvgIpc) is 3.03. The lowest BCUT2D eigenvalue weighted by Crippen LogP contribution is -2.32.